The molecule has 0 radical (unpaired) electrons. The van der Waals surface area contributed by atoms with Crippen LogP contribution >= 0.6 is 0 Å². The van der Waals surface area contributed by atoms with Crippen molar-refractivity contribution in [2.45, 2.75) is 0 Å². The predicted octanol–water partition coefficient (Wildman–Crippen LogP) is 0.891. The van der Waals surface area contributed by atoms with Gasteiger partial charge in [0.1, 0.15) is 0 Å². The first kappa shape index (κ1) is 7.64. The Kier molecular flexibility index (Phi) is 1.84. The monoisotopic (exact) mass is 172 g/mol. The molecule has 0 aliphatic rings. The van der Waals surface area contributed by atoms with Gasteiger partial charge in [0.2, 0.25) is 0 Å². The topological polar surface area (TPSA) is 87.8 Å². The molecule has 1 rings (SSSR count). The Bertz CT molecular complexity index is 372. The Morgan fingerprint density at radius 3 is 2.36 bits per heavy atom. The van der Waals surface area contributed by atoms with E-state index in [1.54, 1.807) is 0 Å². The predicted molar refractivity (Wildman–Crippen MR) is 37.9 cm³/mol. The molecule has 58 valence electrons. The lowest BCUT2D eigenvalue weighted by molar-refractivity contribution is 0.589. The third-order valence-corrected chi connectivity index (χ3v) is 2.04. The highest BCUT2D eigenvalue weighted by Crippen LogP contribution is 1.99. The number of hydrogen-bond acceptors (Lipinski definition) is 2. The van der Waals surface area contributed by atoms with Crippen LogP contribution < -0.4 is 0 Å². The lowest BCUT2D eigenvalue weighted by atomic mass is 10.7. The van der Waals surface area contributed by atoms with E-state index in [2.05, 4.69) is 9.43 Å². The van der Waals surface area contributed by atoms with Crippen LogP contribution in [0.4, 0.5) is 0 Å². The maximum atomic E-state index is 10.8. The number of azide groups is 1. The van der Waals surface area contributed by atoms with Crippen molar-refractivity contribution in [2.24, 2.45) is 4.52 Å². The fourth-order valence-electron chi connectivity index (χ4n) is 0.561. The van der Waals surface area contributed by atoms with Crippen LogP contribution in [-0.2, 0) is 10.2 Å². The highest BCUT2D eigenvalue weighted by Gasteiger charge is 2.06. The average molecular weight is 172 g/mol. The van der Waals surface area contributed by atoms with Crippen LogP contribution in [0.25, 0.3) is 10.4 Å². The van der Waals surface area contributed by atoms with Gasteiger partial charge in [-0.05, 0) is 17.7 Å². The van der Waals surface area contributed by atoms with Crippen LogP contribution in [0.15, 0.2) is 29.0 Å². The highest BCUT2D eigenvalue weighted by molar-refractivity contribution is 7.88. The molecule has 6 nitrogen and oxygen atoms in total. The Morgan fingerprint density at radius 2 is 1.91 bits per heavy atom. The summed E-state index contributed by atoms with van der Waals surface area (Å²) in [5.41, 5.74) is 7.87. The lowest BCUT2D eigenvalue weighted by Crippen LogP contribution is -2.04. The summed E-state index contributed by atoms with van der Waals surface area (Å²) in [5, 5.41) is 0. The zero-order chi connectivity index (χ0) is 8.32. The van der Waals surface area contributed by atoms with Crippen LogP contribution in [-0.4, -0.2) is 12.4 Å². The molecule has 0 bridgehead atoms. The minimum atomic E-state index is -3.84. The fourth-order valence-corrected chi connectivity index (χ4v) is 1.19. The van der Waals surface area contributed by atoms with E-state index >= 15 is 0 Å². The normalized spacial score (nSPS) is 10.5. The van der Waals surface area contributed by atoms with Crippen molar-refractivity contribution in [1.29, 1.82) is 0 Å². The third kappa shape index (κ3) is 1.51. The SMILES string of the molecule is [N-]=[N+]=NS(=O)(=O)n1cccc1. The van der Waals surface area contributed by atoms with Gasteiger partial charge in [-0.25, -0.2) is 3.97 Å². The quantitative estimate of drug-likeness (QED) is 0.376. The standard InChI is InChI=1S/C4H4N4O2S/c5-6-7-11(9,10)8-3-1-2-4-8/h1-4H. The van der Waals surface area contributed by atoms with Gasteiger partial charge in [-0.1, -0.05) is 0 Å². The van der Waals surface area contributed by atoms with Crippen LogP contribution in [0.2, 0.25) is 0 Å². The molecule has 0 fully saturated rings. The smallest absolute Gasteiger partial charge is 0.246 e. The van der Waals surface area contributed by atoms with E-state index in [0.29, 0.717) is 0 Å². The second-order valence-electron chi connectivity index (χ2n) is 1.66. The maximum Gasteiger partial charge on any atom is 0.327 e. The zero-order valence-electron chi connectivity index (χ0n) is 5.32. The molecule has 0 spiro atoms. The Morgan fingerprint density at radius 1 is 1.36 bits per heavy atom. The molecule has 0 atom stereocenters. The van der Waals surface area contributed by atoms with Crippen molar-refractivity contribution in [2.75, 3.05) is 0 Å². The number of aromatic nitrogens is 1. The summed E-state index contributed by atoms with van der Waals surface area (Å²) in [7, 11) is -3.84. The fraction of sp³-hybridized carbons (Fsp3) is 0. The minimum Gasteiger partial charge on any atom is -0.246 e. The number of rotatable bonds is 2. The molecule has 1 aromatic rings. The van der Waals surface area contributed by atoms with Crippen molar-refractivity contribution < 1.29 is 8.42 Å². The zero-order valence-corrected chi connectivity index (χ0v) is 6.14. The summed E-state index contributed by atoms with van der Waals surface area (Å²) < 4.78 is 25.1. The molecular formula is C4H4N4O2S. The summed E-state index contributed by atoms with van der Waals surface area (Å²) in [5.74, 6) is 0. The molecule has 0 aromatic carbocycles. The molecule has 0 unspecified atom stereocenters. The van der Waals surface area contributed by atoms with E-state index in [9.17, 15) is 8.42 Å². The average Bonchev–Trinajstić information content (AvgIpc) is 2.37. The first-order valence-electron chi connectivity index (χ1n) is 2.61. The second kappa shape index (κ2) is 2.65. The van der Waals surface area contributed by atoms with E-state index in [0.717, 1.165) is 3.97 Å². The van der Waals surface area contributed by atoms with Gasteiger partial charge in [0.25, 0.3) is 0 Å². The van der Waals surface area contributed by atoms with Gasteiger partial charge < -0.3 is 0 Å². The van der Waals surface area contributed by atoms with Gasteiger partial charge in [-0.3, -0.25) is 0 Å². The van der Waals surface area contributed by atoms with E-state index in [-0.39, 0.29) is 0 Å². The van der Waals surface area contributed by atoms with Crippen molar-refractivity contribution in [3.8, 4) is 0 Å². The molecule has 0 amide bonds. The Balaban J connectivity index is 3.22. The van der Waals surface area contributed by atoms with E-state index < -0.39 is 10.2 Å². The van der Waals surface area contributed by atoms with Crippen molar-refractivity contribution in [1.82, 2.24) is 3.97 Å². The maximum absolute atomic E-state index is 10.8. The first-order chi connectivity index (χ1) is 5.17. The minimum absolute atomic E-state index is 0.826. The van der Waals surface area contributed by atoms with Crippen molar-refractivity contribution in [3.05, 3.63) is 35.0 Å². The van der Waals surface area contributed by atoms with E-state index in [4.69, 9.17) is 5.53 Å². The van der Waals surface area contributed by atoms with Gasteiger partial charge in [-0.2, -0.15) is 8.42 Å². The van der Waals surface area contributed by atoms with Crippen LogP contribution in [0.5, 0.6) is 0 Å². The third-order valence-electron chi connectivity index (χ3n) is 0.983. The summed E-state index contributed by atoms with van der Waals surface area (Å²) in [6.45, 7) is 0. The summed E-state index contributed by atoms with van der Waals surface area (Å²) in [4.78, 5) is 2.18. The molecule has 1 heterocycles. The van der Waals surface area contributed by atoms with Gasteiger partial charge in [-0.15, -0.1) is 0 Å². The highest BCUT2D eigenvalue weighted by atomic mass is 32.2. The molecular weight excluding hydrogens is 168 g/mol. The first-order valence-corrected chi connectivity index (χ1v) is 4.01. The Hall–Kier alpha value is -1.46. The van der Waals surface area contributed by atoms with Crippen molar-refractivity contribution in [3.63, 3.8) is 0 Å². The molecule has 1 aromatic heterocycles. The van der Waals surface area contributed by atoms with Gasteiger partial charge in [0, 0.05) is 17.3 Å². The Labute approximate surface area is 62.9 Å². The molecule has 0 N–H and O–H groups in total. The van der Waals surface area contributed by atoms with E-state index in [1.807, 2.05) is 0 Å². The summed E-state index contributed by atoms with van der Waals surface area (Å²) >= 11 is 0. The number of nitrogens with zero attached hydrogens (tertiary/aromatic N) is 4. The summed E-state index contributed by atoms with van der Waals surface area (Å²) in [6.07, 6.45) is 2.56. The number of hydrogen-bond donors (Lipinski definition) is 0. The molecule has 11 heavy (non-hydrogen) atoms. The molecule has 0 aliphatic heterocycles. The molecule has 7 heteroatoms. The molecule has 0 aliphatic carbocycles. The van der Waals surface area contributed by atoms with Crippen molar-refractivity contribution >= 4 is 10.2 Å². The largest absolute Gasteiger partial charge is 0.327 e. The molecule has 0 saturated heterocycles. The summed E-state index contributed by atoms with van der Waals surface area (Å²) in [6, 6.07) is 3.04. The van der Waals surface area contributed by atoms with Crippen LogP contribution in [0.1, 0.15) is 0 Å². The molecule has 0 saturated carbocycles. The van der Waals surface area contributed by atoms with Gasteiger partial charge in [0.05, 0.1) is 4.52 Å². The second-order valence-corrected chi connectivity index (χ2v) is 3.14. The van der Waals surface area contributed by atoms with E-state index in [1.165, 1.54) is 24.5 Å². The lowest BCUT2D eigenvalue weighted by Gasteiger charge is -1.94. The van der Waals surface area contributed by atoms with Crippen LogP contribution in [0, 0.1) is 0 Å². The van der Waals surface area contributed by atoms with Gasteiger partial charge in [0.15, 0.2) is 0 Å². The van der Waals surface area contributed by atoms with Crippen LogP contribution in [0.3, 0.4) is 0 Å². The van der Waals surface area contributed by atoms with Gasteiger partial charge >= 0.3 is 10.2 Å².